The minimum atomic E-state index is -0.138. The molecule has 4 nitrogen and oxygen atoms in total. The van der Waals surface area contributed by atoms with Crippen molar-refractivity contribution < 1.29 is 4.79 Å². The van der Waals surface area contributed by atoms with Crippen LogP contribution < -0.4 is 16.0 Å². The highest BCUT2D eigenvalue weighted by molar-refractivity contribution is 5.78. The SMILES string of the molecule is CC(C)(C)NC(=O)CNC1CCCC1C1CCCN1. The number of nitrogens with one attached hydrogen (secondary N) is 3. The highest BCUT2D eigenvalue weighted by Gasteiger charge is 2.34. The summed E-state index contributed by atoms with van der Waals surface area (Å²) in [6.07, 6.45) is 6.42. The molecule has 1 aliphatic heterocycles. The molecule has 1 saturated heterocycles. The van der Waals surface area contributed by atoms with Crippen molar-refractivity contribution in [3.8, 4) is 0 Å². The smallest absolute Gasteiger partial charge is 0.234 e. The lowest BCUT2D eigenvalue weighted by molar-refractivity contribution is -0.121. The number of hydrogen-bond acceptors (Lipinski definition) is 3. The van der Waals surface area contributed by atoms with Gasteiger partial charge in [0.25, 0.3) is 0 Å². The van der Waals surface area contributed by atoms with Gasteiger partial charge in [0.2, 0.25) is 5.91 Å². The van der Waals surface area contributed by atoms with E-state index in [4.69, 9.17) is 0 Å². The van der Waals surface area contributed by atoms with Crippen LogP contribution in [0.1, 0.15) is 52.9 Å². The lowest BCUT2D eigenvalue weighted by atomic mass is 9.93. The van der Waals surface area contributed by atoms with E-state index < -0.39 is 0 Å². The normalized spacial score (nSPS) is 31.6. The van der Waals surface area contributed by atoms with E-state index >= 15 is 0 Å². The topological polar surface area (TPSA) is 53.2 Å². The molecule has 1 aliphatic carbocycles. The largest absolute Gasteiger partial charge is 0.350 e. The molecule has 1 saturated carbocycles. The molecule has 0 spiro atoms. The van der Waals surface area contributed by atoms with E-state index in [9.17, 15) is 4.79 Å². The number of carbonyl (C=O) groups excluding carboxylic acids is 1. The standard InChI is InChI=1S/C15H29N3O/c1-15(2,3)18-14(19)10-17-13-7-4-6-11(13)12-8-5-9-16-12/h11-13,16-17H,4-10H2,1-3H3,(H,18,19). The molecule has 19 heavy (non-hydrogen) atoms. The first kappa shape index (κ1) is 14.8. The van der Waals surface area contributed by atoms with Crippen molar-refractivity contribution in [3.63, 3.8) is 0 Å². The minimum Gasteiger partial charge on any atom is -0.350 e. The van der Waals surface area contributed by atoms with Gasteiger partial charge < -0.3 is 16.0 Å². The monoisotopic (exact) mass is 267 g/mol. The molecule has 3 atom stereocenters. The predicted molar refractivity (Wildman–Crippen MR) is 78.1 cm³/mol. The predicted octanol–water partition coefficient (Wildman–Crippen LogP) is 1.41. The van der Waals surface area contributed by atoms with Gasteiger partial charge in [0.05, 0.1) is 6.54 Å². The second-order valence-electron chi connectivity index (χ2n) is 7.08. The van der Waals surface area contributed by atoms with Crippen LogP contribution in [0.4, 0.5) is 0 Å². The van der Waals surface area contributed by atoms with E-state index in [0.717, 1.165) is 0 Å². The maximum absolute atomic E-state index is 11.9. The molecule has 2 rings (SSSR count). The molecule has 2 fully saturated rings. The fourth-order valence-corrected chi connectivity index (χ4v) is 3.49. The van der Waals surface area contributed by atoms with Crippen LogP contribution in [0.25, 0.3) is 0 Å². The Bertz CT molecular complexity index is 305. The zero-order chi connectivity index (χ0) is 13.9. The zero-order valence-electron chi connectivity index (χ0n) is 12.6. The molecule has 2 aliphatic rings. The highest BCUT2D eigenvalue weighted by Crippen LogP contribution is 2.31. The molecule has 3 unspecified atom stereocenters. The number of amides is 1. The summed E-state index contributed by atoms with van der Waals surface area (Å²) in [5, 5.41) is 10.1. The van der Waals surface area contributed by atoms with Gasteiger partial charge in [0.1, 0.15) is 0 Å². The molecular formula is C15H29N3O. The first-order valence-corrected chi connectivity index (χ1v) is 7.73. The summed E-state index contributed by atoms with van der Waals surface area (Å²) in [4.78, 5) is 11.9. The fraction of sp³-hybridized carbons (Fsp3) is 0.933. The summed E-state index contributed by atoms with van der Waals surface area (Å²) in [6, 6.07) is 1.19. The van der Waals surface area contributed by atoms with Crippen molar-refractivity contribution >= 4 is 5.91 Å². The lowest BCUT2D eigenvalue weighted by Crippen LogP contribution is -2.49. The molecule has 1 amide bonds. The van der Waals surface area contributed by atoms with Crippen molar-refractivity contribution in [3.05, 3.63) is 0 Å². The Morgan fingerprint density at radius 3 is 2.63 bits per heavy atom. The maximum atomic E-state index is 11.9. The Morgan fingerprint density at radius 1 is 1.21 bits per heavy atom. The molecule has 110 valence electrons. The summed E-state index contributed by atoms with van der Waals surface area (Å²) in [6.45, 7) is 7.67. The highest BCUT2D eigenvalue weighted by atomic mass is 16.2. The Hall–Kier alpha value is -0.610. The van der Waals surface area contributed by atoms with Gasteiger partial charge in [-0.15, -0.1) is 0 Å². The summed E-state index contributed by atoms with van der Waals surface area (Å²) >= 11 is 0. The van der Waals surface area contributed by atoms with Crippen LogP contribution >= 0.6 is 0 Å². The summed E-state index contributed by atoms with van der Waals surface area (Å²) < 4.78 is 0. The van der Waals surface area contributed by atoms with Gasteiger partial charge in [0, 0.05) is 17.6 Å². The third kappa shape index (κ3) is 4.46. The zero-order valence-corrected chi connectivity index (χ0v) is 12.6. The molecule has 4 heteroatoms. The third-order valence-corrected chi connectivity index (χ3v) is 4.22. The van der Waals surface area contributed by atoms with E-state index in [-0.39, 0.29) is 11.4 Å². The lowest BCUT2D eigenvalue weighted by Gasteiger charge is -2.27. The van der Waals surface area contributed by atoms with Crippen molar-refractivity contribution in [1.82, 2.24) is 16.0 Å². The first-order valence-electron chi connectivity index (χ1n) is 7.73. The van der Waals surface area contributed by atoms with Crippen molar-refractivity contribution in [2.75, 3.05) is 13.1 Å². The van der Waals surface area contributed by atoms with Gasteiger partial charge in [-0.05, 0) is 58.9 Å². The molecule has 3 N–H and O–H groups in total. The third-order valence-electron chi connectivity index (χ3n) is 4.22. The van der Waals surface area contributed by atoms with Crippen molar-refractivity contribution in [2.24, 2.45) is 5.92 Å². The number of hydrogen-bond donors (Lipinski definition) is 3. The van der Waals surface area contributed by atoms with E-state index in [1.165, 1.54) is 38.6 Å². The maximum Gasteiger partial charge on any atom is 0.234 e. The Kier molecular flexibility index (Phi) is 4.85. The van der Waals surface area contributed by atoms with Crippen LogP contribution in [0.3, 0.4) is 0 Å². The van der Waals surface area contributed by atoms with Crippen molar-refractivity contribution in [2.45, 2.75) is 70.5 Å². The molecule has 0 radical (unpaired) electrons. The van der Waals surface area contributed by atoms with E-state index in [1.54, 1.807) is 0 Å². The molecule has 0 aromatic heterocycles. The first-order chi connectivity index (χ1) is 8.96. The van der Waals surface area contributed by atoms with Crippen LogP contribution in [-0.4, -0.2) is 36.6 Å². The molecule has 1 heterocycles. The Labute approximate surface area is 117 Å². The van der Waals surface area contributed by atoms with Crippen molar-refractivity contribution in [1.29, 1.82) is 0 Å². The minimum absolute atomic E-state index is 0.109. The second kappa shape index (κ2) is 6.23. The van der Waals surface area contributed by atoms with E-state index in [1.807, 2.05) is 20.8 Å². The summed E-state index contributed by atoms with van der Waals surface area (Å²) in [7, 11) is 0. The van der Waals surface area contributed by atoms with Gasteiger partial charge in [-0.3, -0.25) is 4.79 Å². The van der Waals surface area contributed by atoms with Gasteiger partial charge in [-0.2, -0.15) is 0 Å². The number of rotatable bonds is 4. The van der Waals surface area contributed by atoms with Crippen LogP contribution in [0, 0.1) is 5.92 Å². The fourth-order valence-electron chi connectivity index (χ4n) is 3.49. The molecule has 0 aromatic rings. The molecular weight excluding hydrogens is 238 g/mol. The van der Waals surface area contributed by atoms with Gasteiger partial charge >= 0.3 is 0 Å². The van der Waals surface area contributed by atoms with E-state index in [0.29, 0.717) is 24.5 Å². The Morgan fingerprint density at radius 2 is 2.00 bits per heavy atom. The van der Waals surface area contributed by atoms with Crippen LogP contribution in [0.2, 0.25) is 0 Å². The summed E-state index contributed by atoms with van der Waals surface area (Å²) in [5.74, 6) is 0.822. The second-order valence-corrected chi connectivity index (χ2v) is 7.08. The van der Waals surface area contributed by atoms with Crippen LogP contribution in [0.5, 0.6) is 0 Å². The number of carbonyl (C=O) groups is 1. The molecule has 0 bridgehead atoms. The average Bonchev–Trinajstić information content (AvgIpc) is 2.94. The van der Waals surface area contributed by atoms with Crippen LogP contribution in [0.15, 0.2) is 0 Å². The van der Waals surface area contributed by atoms with E-state index in [2.05, 4.69) is 16.0 Å². The van der Waals surface area contributed by atoms with Gasteiger partial charge in [-0.1, -0.05) is 6.42 Å². The summed E-state index contributed by atoms with van der Waals surface area (Å²) in [5.41, 5.74) is -0.138. The Balaban J connectivity index is 1.76. The average molecular weight is 267 g/mol. The van der Waals surface area contributed by atoms with Crippen LogP contribution in [-0.2, 0) is 4.79 Å². The molecule has 0 aromatic carbocycles. The van der Waals surface area contributed by atoms with Gasteiger partial charge in [0.15, 0.2) is 0 Å². The van der Waals surface area contributed by atoms with Gasteiger partial charge in [-0.25, -0.2) is 0 Å². The quantitative estimate of drug-likeness (QED) is 0.722.